The van der Waals surface area contributed by atoms with E-state index in [1.165, 1.54) is 38.0 Å². The molecule has 1 aliphatic carbocycles. The summed E-state index contributed by atoms with van der Waals surface area (Å²) in [6.45, 7) is 4.67. The maximum Gasteiger partial charge on any atom is 0.331 e. The third kappa shape index (κ3) is 5.80. The molecule has 164 valence electrons. The monoisotopic (exact) mass is 415 g/mol. The molecule has 1 heterocycles. The van der Waals surface area contributed by atoms with E-state index in [2.05, 4.69) is 12.2 Å². The summed E-state index contributed by atoms with van der Waals surface area (Å²) >= 11 is 0. The lowest BCUT2D eigenvalue weighted by atomic mass is 9.79. The maximum atomic E-state index is 11.0. The number of allylic oxidation sites excluding steroid dienone is 2. The van der Waals surface area contributed by atoms with Gasteiger partial charge in [0.25, 0.3) is 0 Å². The van der Waals surface area contributed by atoms with Gasteiger partial charge in [0.05, 0.1) is 5.41 Å². The van der Waals surface area contributed by atoms with Crippen molar-refractivity contribution in [1.29, 1.82) is 0 Å². The first kappa shape index (κ1) is 23.8. The van der Waals surface area contributed by atoms with Crippen LogP contribution in [0.5, 0.6) is 0 Å². The third-order valence-corrected chi connectivity index (χ3v) is 5.87. The van der Waals surface area contributed by atoms with Crippen LogP contribution in [0, 0.1) is 5.41 Å². The number of piperidine rings is 1. The Bertz CT molecular complexity index is 782. The minimum absolute atomic E-state index is 0.0359. The number of carboxylic acid groups (broad SMARTS) is 2. The summed E-state index contributed by atoms with van der Waals surface area (Å²) < 4.78 is 0. The Morgan fingerprint density at radius 3 is 2.43 bits per heavy atom. The Kier molecular flexibility index (Phi) is 8.38. The molecule has 0 bridgehead atoms. The van der Waals surface area contributed by atoms with Crippen LogP contribution < -0.4 is 5.32 Å². The summed E-state index contributed by atoms with van der Waals surface area (Å²) in [5.41, 5.74) is -0.590. The summed E-state index contributed by atoms with van der Waals surface area (Å²) in [4.78, 5) is 21.3. The van der Waals surface area contributed by atoms with E-state index >= 15 is 0 Å². The number of hydrogen-bond donors (Lipinski definition) is 4. The minimum atomic E-state index is -1.08. The van der Waals surface area contributed by atoms with Crippen LogP contribution in [0.1, 0.15) is 57.9 Å². The van der Waals surface area contributed by atoms with E-state index < -0.39 is 23.0 Å². The summed E-state index contributed by atoms with van der Waals surface area (Å²) in [5.74, 6) is -2.06. The first-order valence-corrected chi connectivity index (χ1v) is 10.6. The number of carbonyl (C=O) groups is 2. The Morgan fingerprint density at radius 2 is 1.90 bits per heavy atom. The Labute approximate surface area is 178 Å². The normalized spacial score (nSPS) is 25.3. The van der Waals surface area contributed by atoms with Crippen molar-refractivity contribution in [3.63, 3.8) is 0 Å². The topological polar surface area (TPSA) is 107 Å². The number of benzene rings is 1. The number of aliphatic hydroxyl groups is 1. The van der Waals surface area contributed by atoms with Gasteiger partial charge in [0.2, 0.25) is 0 Å². The van der Waals surface area contributed by atoms with Crippen molar-refractivity contribution in [2.45, 2.75) is 64.0 Å². The average molecular weight is 416 g/mol. The zero-order chi connectivity index (χ0) is 22.2. The van der Waals surface area contributed by atoms with Crippen molar-refractivity contribution in [2.24, 2.45) is 5.41 Å². The molecule has 6 nitrogen and oxygen atoms in total. The lowest BCUT2D eigenvalue weighted by molar-refractivity contribution is -0.145. The Hall–Kier alpha value is -2.44. The third-order valence-electron chi connectivity index (χ3n) is 5.87. The van der Waals surface area contributed by atoms with E-state index in [9.17, 15) is 14.7 Å². The number of nitrogens with one attached hydrogen (secondary N) is 1. The van der Waals surface area contributed by atoms with Gasteiger partial charge in [0, 0.05) is 11.6 Å². The highest BCUT2D eigenvalue weighted by Crippen LogP contribution is 2.34. The maximum absolute atomic E-state index is 11.0. The van der Waals surface area contributed by atoms with Crippen LogP contribution in [0.3, 0.4) is 0 Å². The van der Waals surface area contributed by atoms with Gasteiger partial charge in [-0.05, 0) is 44.7 Å². The van der Waals surface area contributed by atoms with Crippen molar-refractivity contribution in [3.8, 4) is 0 Å². The lowest BCUT2D eigenvalue weighted by Gasteiger charge is -2.39. The van der Waals surface area contributed by atoms with Gasteiger partial charge < -0.3 is 20.6 Å². The standard InChI is InChI=1S/C15H23NO.C9H10O4/c1-2-11-15(17,13-8-4-3-5-9-13)14-10-6-7-12-16-14;1-9(8(12)13)4-2-3-6(5-9)7(10)11/h3-5,8-9,14,16-17H,2,6-7,10-12H2,1H3;2-4H,5H2,1H3,(H,10,11)(H,12,13). The average Bonchev–Trinajstić information content (AvgIpc) is 2.75. The second-order valence-corrected chi connectivity index (χ2v) is 8.30. The number of aliphatic carboxylic acids is 2. The number of hydrogen-bond acceptors (Lipinski definition) is 4. The van der Waals surface area contributed by atoms with Gasteiger partial charge in [0.1, 0.15) is 5.60 Å². The summed E-state index contributed by atoms with van der Waals surface area (Å²) in [6.07, 6.45) is 9.79. The first-order valence-electron chi connectivity index (χ1n) is 10.6. The summed E-state index contributed by atoms with van der Waals surface area (Å²) in [5, 5.41) is 32.0. The molecule has 3 atom stereocenters. The molecule has 2 aliphatic rings. The molecule has 0 saturated carbocycles. The molecule has 0 spiro atoms. The van der Waals surface area contributed by atoms with E-state index in [-0.39, 0.29) is 18.0 Å². The van der Waals surface area contributed by atoms with Gasteiger partial charge >= 0.3 is 11.9 Å². The van der Waals surface area contributed by atoms with Crippen molar-refractivity contribution >= 4 is 11.9 Å². The molecular formula is C24H33NO5. The second kappa shape index (κ2) is 10.5. The molecule has 0 radical (unpaired) electrons. The summed E-state index contributed by atoms with van der Waals surface area (Å²) in [6, 6.07) is 10.3. The molecule has 0 amide bonds. The smallest absolute Gasteiger partial charge is 0.331 e. The molecule has 30 heavy (non-hydrogen) atoms. The SMILES string of the molecule is CC1(C(=O)O)C=CC=C(C(=O)O)C1.CCCC(O)(c1ccccc1)C1CCCCN1. The molecule has 6 heteroatoms. The molecule has 1 saturated heterocycles. The highest BCUT2D eigenvalue weighted by molar-refractivity contribution is 5.90. The van der Waals surface area contributed by atoms with E-state index in [4.69, 9.17) is 10.2 Å². The number of carboxylic acids is 2. The van der Waals surface area contributed by atoms with Gasteiger partial charge in [-0.1, -0.05) is 68.3 Å². The van der Waals surface area contributed by atoms with Gasteiger partial charge in [0.15, 0.2) is 0 Å². The van der Waals surface area contributed by atoms with Gasteiger partial charge in [-0.25, -0.2) is 4.79 Å². The molecule has 3 unspecified atom stereocenters. The van der Waals surface area contributed by atoms with E-state index in [0.29, 0.717) is 0 Å². The van der Waals surface area contributed by atoms with E-state index in [1.807, 2.05) is 30.3 Å². The van der Waals surface area contributed by atoms with Gasteiger partial charge in [-0.3, -0.25) is 4.79 Å². The Balaban J connectivity index is 0.000000222. The molecule has 1 aromatic carbocycles. The van der Waals surface area contributed by atoms with Crippen LogP contribution in [0.4, 0.5) is 0 Å². The van der Waals surface area contributed by atoms with Crippen molar-refractivity contribution < 1.29 is 24.9 Å². The summed E-state index contributed by atoms with van der Waals surface area (Å²) in [7, 11) is 0. The van der Waals surface area contributed by atoms with Crippen LogP contribution in [-0.2, 0) is 15.2 Å². The minimum Gasteiger partial charge on any atom is -0.481 e. The molecule has 1 fully saturated rings. The highest BCUT2D eigenvalue weighted by Gasteiger charge is 2.38. The lowest BCUT2D eigenvalue weighted by Crippen LogP contribution is -2.50. The molecule has 0 aromatic heterocycles. The van der Waals surface area contributed by atoms with Crippen molar-refractivity contribution in [1.82, 2.24) is 5.32 Å². The molecule has 1 aliphatic heterocycles. The fourth-order valence-electron chi connectivity index (χ4n) is 4.07. The van der Waals surface area contributed by atoms with Crippen LogP contribution in [0.15, 0.2) is 54.1 Å². The van der Waals surface area contributed by atoms with Crippen LogP contribution in [0.25, 0.3) is 0 Å². The molecule has 1 aromatic rings. The zero-order valence-electron chi connectivity index (χ0n) is 17.8. The largest absolute Gasteiger partial charge is 0.481 e. The quantitative estimate of drug-likeness (QED) is 0.562. The van der Waals surface area contributed by atoms with Crippen molar-refractivity contribution in [2.75, 3.05) is 6.54 Å². The predicted octanol–water partition coefficient (Wildman–Crippen LogP) is 3.86. The van der Waals surface area contributed by atoms with Crippen LogP contribution in [0.2, 0.25) is 0 Å². The number of rotatable bonds is 6. The van der Waals surface area contributed by atoms with Gasteiger partial charge in [-0.15, -0.1) is 0 Å². The van der Waals surface area contributed by atoms with Gasteiger partial charge in [-0.2, -0.15) is 0 Å². The molecule has 4 N–H and O–H groups in total. The fraction of sp³-hybridized carbons (Fsp3) is 0.500. The molecule has 3 rings (SSSR count). The van der Waals surface area contributed by atoms with E-state index in [0.717, 1.165) is 31.4 Å². The Morgan fingerprint density at radius 1 is 1.20 bits per heavy atom. The van der Waals surface area contributed by atoms with E-state index in [1.54, 1.807) is 0 Å². The van der Waals surface area contributed by atoms with Crippen LogP contribution >= 0.6 is 0 Å². The second-order valence-electron chi connectivity index (χ2n) is 8.30. The zero-order valence-corrected chi connectivity index (χ0v) is 17.8. The fourth-order valence-corrected chi connectivity index (χ4v) is 4.07. The highest BCUT2D eigenvalue weighted by atomic mass is 16.4. The van der Waals surface area contributed by atoms with Crippen LogP contribution in [-0.4, -0.2) is 39.8 Å². The van der Waals surface area contributed by atoms with Crippen molar-refractivity contribution in [3.05, 3.63) is 59.7 Å². The first-order chi connectivity index (χ1) is 14.2. The predicted molar refractivity (Wildman–Crippen MR) is 116 cm³/mol. The molecular weight excluding hydrogens is 382 g/mol.